The fourth-order valence-electron chi connectivity index (χ4n) is 2.91. The van der Waals surface area contributed by atoms with Gasteiger partial charge in [-0.2, -0.15) is 0 Å². The molecule has 0 N–H and O–H groups in total. The summed E-state index contributed by atoms with van der Waals surface area (Å²) in [6.45, 7) is 8.60. The topological polar surface area (TPSA) is 20.3 Å². The predicted molar refractivity (Wildman–Crippen MR) is 86.8 cm³/mol. The SMILES string of the molecule is Cc1cccc(C(=O)C(CC(C)C)N2CCCC2)c1.Cl. The predicted octanol–water partition coefficient (Wildman–Crippen LogP) is 4.11. The van der Waals surface area contributed by atoms with E-state index in [9.17, 15) is 4.79 Å². The first-order valence-corrected chi connectivity index (χ1v) is 7.43. The van der Waals surface area contributed by atoms with Gasteiger partial charge in [0.25, 0.3) is 0 Å². The molecule has 0 radical (unpaired) electrons. The van der Waals surface area contributed by atoms with E-state index in [1.807, 2.05) is 31.2 Å². The van der Waals surface area contributed by atoms with Crippen LogP contribution in [0, 0.1) is 12.8 Å². The van der Waals surface area contributed by atoms with Crippen molar-refractivity contribution in [2.75, 3.05) is 13.1 Å². The van der Waals surface area contributed by atoms with Crippen molar-refractivity contribution >= 4 is 18.2 Å². The first-order valence-electron chi connectivity index (χ1n) is 7.43. The lowest BCUT2D eigenvalue weighted by molar-refractivity contribution is 0.0822. The van der Waals surface area contributed by atoms with E-state index in [-0.39, 0.29) is 18.4 Å². The fourth-order valence-corrected chi connectivity index (χ4v) is 2.91. The number of hydrogen-bond donors (Lipinski definition) is 0. The first-order chi connectivity index (χ1) is 9.08. The molecule has 20 heavy (non-hydrogen) atoms. The Bertz CT molecular complexity index is 438. The second kappa shape index (κ2) is 7.80. The van der Waals surface area contributed by atoms with Gasteiger partial charge in [-0.05, 0) is 51.3 Å². The molecule has 0 bridgehead atoms. The van der Waals surface area contributed by atoms with Crippen molar-refractivity contribution in [2.24, 2.45) is 5.92 Å². The summed E-state index contributed by atoms with van der Waals surface area (Å²) < 4.78 is 0. The number of ketones is 1. The molecule has 3 heteroatoms. The van der Waals surface area contributed by atoms with Gasteiger partial charge in [-0.1, -0.05) is 37.6 Å². The molecule has 1 aromatic rings. The molecule has 0 aliphatic carbocycles. The van der Waals surface area contributed by atoms with Crippen molar-refractivity contribution in [3.05, 3.63) is 35.4 Å². The van der Waals surface area contributed by atoms with Crippen LogP contribution in [0.4, 0.5) is 0 Å². The van der Waals surface area contributed by atoms with Gasteiger partial charge >= 0.3 is 0 Å². The van der Waals surface area contributed by atoms with Crippen LogP contribution in [0.15, 0.2) is 24.3 Å². The van der Waals surface area contributed by atoms with Crippen LogP contribution in [-0.2, 0) is 0 Å². The highest BCUT2D eigenvalue weighted by atomic mass is 35.5. The Labute approximate surface area is 129 Å². The molecule has 0 spiro atoms. The van der Waals surface area contributed by atoms with Gasteiger partial charge in [-0.3, -0.25) is 9.69 Å². The van der Waals surface area contributed by atoms with Crippen molar-refractivity contribution in [2.45, 2.75) is 46.1 Å². The zero-order valence-electron chi connectivity index (χ0n) is 12.8. The van der Waals surface area contributed by atoms with Gasteiger partial charge in [-0.25, -0.2) is 0 Å². The third-order valence-electron chi connectivity index (χ3n) is 3.88. The molecule has 1 aliphatic heterocycles. The Morgan fingerprint density at radius 3 is 2.45 bits per heavy atom. The second-order valence-electron chi connectivity index (χ2n) is 6.12. The van der Waals surface area contributed by atoms with Crippen molar-refractivity contribution in [3.8, 4) is 0 Å². The lowest BCUT2D eigenvalue weighted by Gasteiger charge is -2.27. The maximum Gasteiger partial charge on any atom is 0.179 e. The number of benzene rings is 1. The van der Waals surface area contributed by atoms with E-state index in [2.05, 4.69) is 18.7 Å². The summed E-state index contributed by atoms with van der Waals surface area (Å²) in [5.74, 6) is 0.860. The third-order valence-corrected chi connectivity index (χ3v) is 3.88. The zero-order chi connectivity index (χ0) is 13.8. The monoisotopic (exact) mass is 295 g/mol. The summed E-state index contributed by atoms with van der Waals surface area (Å²) in [5, 5.41) is 0. The zero-order valence-corrected chi connectivity index (χ0v) is 13.6. The second-order valence-corrected chi connectivity index (χ2v) is 6.12. The van der Waals surface area contributed by atoms with Gasteiger partial charge in [-0.15, -0.1) is 12.4 Å². The van der Waals surface area contributed by atoms with Crippen molar-refractivity contribution in [3.63, 3.8) is 0 Å². The van der Waals surface area contributed by atoms with Crippen LogP contribution in [0.1, 0.15) is 49.0 Å². The van der Waals surface area contributed by atoms with Gasteiger partial charge in [0.2, 0.25) is 0 Å². The number of aryl methyl sites for hydroxylation is 1. The standard InChI is InChI=1S/C17H25NO.ClH/c1-13(2)11-16(18-9-4-5-10-18)17(19)15-8-6-7-14(3)12-15;/h6-8,12-13,16H,4-5,9-11H2,1-3H3;1H. The van der Waals surface area contributed by atoms with E-state index in [0.29, 0.717) is 11.7 Å². The lowest BCUT2D eigenvalue weighted by atomic mass is 9.94. The average molecular weight is 296 g/mol. The molecule has 0 saturated carbocycles. The fraction of sp³-hybridized carbons (Fsp3) is 0.588. The van der Waals surface area contributed by atoms with Crippen LogP contribution in [-0.4, -0.2) is 29.8 Å². The number of Topliss-reactive ketones (excluding diaryl/α,β-unsaturated/α-hetero) is 1. The van der Waals surface area contributed by atoms with Crippen LogP contribution < -0.4 is 0 Å². The minimum Gasteiger partial charge on any atom is -0.293 e. The highest BCUT2D eigenvalue weighted by molar-refractivity contribution is 6.00. The largest absolute Gasteiger partial charge is 0.293 e. The Hall–Kier alpha value is -0.860. The number of nitrogens with zero attached hydrogens (tertiary/aromatic N) is 1. The van der Waals surface area contributed by atoms with Gasteiger partial charge in [0.1, 0.15) is 0 Å². The van der Waals surface area contributed by atoms with Crippen molar-refractivity contribution < 1.29 is 4.79 Å². The minimum atomic E-state index is 0. The van der Waals surface area contributed by atoms with Crippen molar-refractivity contribution in [1.82, 2.24) is 4.90 Å². The van der Waals surface area contributed by atoms with Crippen LogP contribution in [0.25, 0.3) is 0 Å². The van der Waals surface area contributed by atoms with Crippen LogP contribution >= 0.6 is 12.4 Å². The molecular formula is C17H26ClNO. The van der Waals surface area contributed by atoms with Gasteiger partial charge < -0.3 is 0 Å². The Kier molecular flexibility index (Phi) is 6.70. The van der Waals surface area contributed by atoms with E-state index < -0.39 is 0 Å². The molecule has 1 unspecified atom stereocenters. The molecule has 1 heterocycles. The van der Waals surface area contributed by atoms with E-state index in [0.717, 1.165) is 30.6 Å². The highest BCUT2D eigenvalue weighted by Crippen LogP contribution is 2.21. The summed E-state index contributed by atoms with van der Waals surface area (Å²) in [5.41, 5.74) is 2.04. The van der Waals surface area contributed by atoms with Gasteiger partial charge in [0.05, 0.1) is 6.04 Å². The van der Waals surface area contributed by atoms with Crippen molar-refractivity contribution in [1.29, 1.82) is 0 Å². The summed E-state index contributed by atoms with van der Waals surface area (Å²) >= 11 is 0. The lowest BCUT2D eigenvalue weighted by Crippen LogP contribution is -2.40. The quantitative estimate of drug-likeness (QED) is 0.762. The summed E-state index contributed by atoms with van der Waals surface area (Å²) in [7, 11) is 0. The number of carbonyl (C=O) groups excluding carboxylic acids is 1. The van der Waals surface area contributed by atoms with Gasteiger partial charge in [0.15, 0.2) is 5.78 Å². The Morgan fingerprint density at radius 1 is 1.25 bits per heavy atom. The number of rotatable bonds is 5. The molecule has 2 rings (SSSR count). The summed E-state index contributed by atoms with van der Waals surface area (Å²) in [6.07, 6.45) is 3.43. The van der Waals surface area contributed by atoms with Gasteiger partial charge in [0, 0.05) is 5.56 Å². The molecule has 1 fully saturated rings. The summed E-state index contributed by atoms with van der Waals surface area (Å²) in [4.78, 5) is 15.2. The number of carbonyl (C=O) groups is 1. The number of likely N-dealkylation sites (tertiary alicyclic amines) is 1. The van der Waals surface area contributed by atoms with Crippen LogP contribution in [0.3, 0.4) is 0 Å². The molecule has 1 aliphatic rings. The van der Waals surface area contributed by atoms with E-state index >= 15 is 0 Å². The average Bonchev–Trinajstić information content (AvgIpc) is 2.88. The molecule has 0 amide bonds. The highest BCUT2D eigenvalue weighted by Gasteiger charge is 2.29. The molecule has 2 nitrogen and oxygen atoms in total. The number of hydrogen-bond acceptors (Lipinski definition) is 2. The van der Waals surface area contributed by atoms with Crippen LogP contribution in [0.2, 0.25) is 0 Å². The van der Waals surface area contributed by atoms with E-state index in [1.54, 1.807) is 0 Å². The molecule has 1 aromatic carbocycles. The first kappa shape index (κ1) is 17.2. The molecular weight excluding hydrogens is 270 g/mol. The molecule has 1 atom stereocenters. The Balaban J connectivity index is 0.00000200. The maximum atomic E-state index is 12.8. The third kappa shape index (κ3) is 4.32. The Morgan fingerprint density at radius 2 is 1.90 bits per heavy atom. The molecule has 112 valence electrons. The smallest absolute Gasteiger partial charge is 0.179 e. The van der Waals surface area contributed by atoms with E-state index in [4.69, 9.17) is 0 Å². The number of halogens is 1. The van der Waals surface area contributed by atoms with E-state index in [1.165, 1.54) is 12.8 Å². The minimum absolute atomic E-state index is 0. The van der Waals surface area contributed by atoms with Crippen LogP contribution in [0.5, 0.6) is 0 Å². The normalized spacial score (nSPS) is 17.0. The maximum absolute atomic E-state index is 12.8. The molecule has 1 saturated heterocycles. The summed E-state index contributed by atoms with van der Waals surface area (Å²) in [6, 6.07) is 8.08. The molecule has 0 aromatic heterocycles.